The second-order valence-electron chi connectivity index (χ2n) is 6.09. The number of fused-ring (bicyclic) bond motifs is 2. The van der Waals surface area contributed by atoms with Gasteiger partial charge in [0, 0.05) is 30.7 Å². The Morgan fingerprint density at radius 1 is 1.29 bits per heavy atom. The van der Waals surface area contributed by atoms with Crippen LogP contribution < -0.4 is 15.0 Å². The van der Waals surface area contributed by atoms with E-state index >= 15 is 0 Å². The van der Waals surface area contributed by atoms with E-state index < -0.39 is 0 Å². The molecule has 1 aromatic carbocycles. The lowest BCUT2D eigenvalue weighted by Gasteiger charge is -2.24. The molecule has 2 fully saturated rings. The molecule has 1 N–H and O–H groups in total. The molecule has 2 saturated heterocycles. The van der Waals surface area contributed by atoms with Gasteiger partial charge in [0.05, 0.1) is 7.11 Å². The third kappa shape index (κ3) is 2.23. The van der Waals surface area contributed by atoms with Crippen LogP contribution in [-0.4, -0.2) is 37.8 Å². The summed E-state index contributed by atoms with van der Waals surface area (Å²) in [7, 11) is 1.71. The van der Waals surface area contributed by atoms with Gasteiger partial charge in [-0.25, -0.2) is 4.98 Å². The number of piperidine rings is 1. The van der Waals surface area contributed by atoms with Gasteiger partial charge in [0.1, 0.15) is 11.6 Å². The molecule has 1 aromatic heterocycles. The molecule has 2 unspecified atom stereocenters. The van der Waals surface area contributed by atoms with E-state index in [1.54, 1.807) is 7.11 Å². The molecule has 110 valence electrons. The summed E-state index contributed by atoms with van der Waals surface area (Å²) < 4.78 is 5.32. The van der Waals surface area contributed by atoms with E-state index in [1.165, 1.54) is 23.6 Å². The number of nitrogens with one attached hydrogen (secondary N) is 1. The quantitative estimate of drug-likeness (QED) is 0.918. The van der Waals surface area contributed by atoms with Crippen molar-refractivity contribution in [2.45, 2.75) is 18.9 Å². The van der Waals surface area contributed by atoms with Gasteiger partial charge in [-0.05, 0) is 55.0 Å². The summed E-state index contributed by atoms with van der Waals surface area (Å²) in [4.78, 5) is 7.11. The summed E-state index contributed by atoms with van der Waals surface area (Å²) in [6.07, 6.45) is 4.55. The van der Waals surface area contributed by atoms with Crippen LogP contribution in [0.25, 0.3) is 10.8 Å². The Hall–Kier alpha value is -1.81. The first kappa shape index (κ1) is 12.9. The van der Waals surface area contributed by atoms with E-state index in [9.17, 15) is 0 Å². The predicted octanol–water partition coefficient (Wildman–Crippen LogP) is 2.43. The van der Waals surface area contributed by atoms with E-state index in [2.05, 4.69) is 33.4 Å². The first-order chi connectivity index (χ1) is 10.3. The number of hydrogen-bond donors (Lipinski definition) is 1. The Kier molecular flexibility index (Phi) is 3.19. The molecule has 0 bridgehead atoms. The van der Waals surface area contributed by atoms with Crippen LogP contribution in [0.1, 0.15) is 12.8 Å². The standard InChI is InChI=1S/C17H21N3O/c1-21-14-4-5-15-12(9-14)6-8-19-17(15)20-10-13-3-2-7-18-16(13)11-20/h4-6,8-9,13,16,18H,2-3,7,10-11H2,1H3. The van der Waals surface area contributed by atoms with Crippen molar-refractivity contribution in [1.82, 2.24) is 10.3 Å². The molecule has 2 aromatic rings. The van der Waals surface area contributed by atoms with Gasteiger partial charge in [-0.3, -0.25) is 0 Å². The minimum atomic E-state index is 0.633. The van der Waals surface area contributed by atoms with Crippen molar-refractivity contribution in [1.29, 1.82) is 0 Å². The number of hydrogen-bond acceptors (Lipinski definition) is 4. The van der Waals surface area contributed by atoms with Gasteiger partial charge < -0.3 is 15.0 Å². The molecule has 2 aliphatic rings. The second-order valence-corrected chi connectivity index (χ2v) is 6.09. The third-order valence-electron chi connectivity index (χ3n) is 4.85. The highest BCUT2D eigenvalue weighted by Crippen LogP contribution is 2.33. The van der Waals surface area contributed by atoms with Crippen LogP contribution in [0.3, 0.4) is 0 Å². The van der Waals surface area contributed by atoms with Gasteiger partial charge >= 0.3 is 0 Å². The van der Waals surface area contributed by atoms with Crippen molar-refractivity contribution in [2.75, 3.05) is 31.6 Å². The first-order valence-corrected chi connectivity index (χ1v) is 7.76. The number of ether oxygens (including phenoxy) is 1. The number of aromatic nitrogens is 1. The fourth-order valence-corrected chi connectivity index (χ4v) is 3.74. The number of anilines is 1. The molecule has 0 radical (unpaired) electrons. The van der Waals surface area contributed by atoms with E-state index in [1.807, 2.05) is 12.3 Å². The normalized spacial score (nSPS) is 25.1. The number of pyridine rings is 1. The molecular weight excluding hydrogens is 262 g/mol. The first-order valence-electron chi connectivity index (χ1n) is 7.76. The topological polar surface area (TPSA) is 37.4 Å². The van der Waals surface area contributed by atoms with Crippen molar-refractivity contribution in [3.05, 3.63) is 30.5 Å². The van der Waals surface area contributed by atoms with Crippen LogP contribution in [0, 0.1) is 5.92 Å². The zero-order chi connectivity index (χ0) is 14.2. The maximum Gasteiger partial charge on any atom is 0.136 e. The summed E-state index contributed by atoms with van der Waals surface area (Å²) in [5.74, 6) is 2.79. The molecular formula is C17H21N3O. The summed E-state index contributed by atoms with van der Waals surface area (Å²) in [6.45, 7) is 3.35. The summed E-state index contributed by atoms with van der Waals surface area (Å²) in [6, 6.07) is 8.93. The zero-order valence-corrected chi connectivity index (χ0v) is 12.4. The van der Waals surface area contributed by atoms with Gasteiger partial charge in [-0.2, -0.15) is 0 Å². The average Bonchev–Trinajstić information content (AvgIpc) is 2.97. The monoisotopic (exact) mass is 283 g/mol. The Bertz CT molecular complexity index is 644. The smallest absolute Gasteiger partial charge is 0.136 e. The van der Waals surface area contributed by atoms with Crippen LogP contribution in [-0.2, 0) is 0 Å². The van der Waals surface area contributed by atoms with Crippen molar-refractivity contribution < 1.29 is 4.74 Å². The molecule has 3 heterocycles. The Morgan fingerprint density at radius 3 is 3.10 bits per heavy atom. The van der Waals surface area contributed by atoms with Crippen LogP contribution >= 0.6 is 0 Å². The average molecular weight is 283 g/mol. The van der Waals surface area contributed by atoms with Crippen molar-refractivity contribution in [3.63, 3.8) is 0 Å². The van der Waals surface area contributed by atoms with Crippen molar-refractivity contribution >= 4 is 16.6 Å². The Labute approximate surface area is 125 Å². The second kappa shape index (κ2) is 5.19. The van der Waals surface area contributed by atoms with Crippen LogP contribution in [0.4, 0.5) is 5.82 Å². The molecule has 0 spiro atoms. The molecule has 2 aliphatic heterocycles. The van der Waals surface area contributed by atoms with Crippen LogP contribution in [0.2, 0.25) is 0 Å². The lowest BCUT2D eigenvalue weighted by Crippen LogP contribution is -2.40. The minimum Gasteiger partial charge on any atom is -0.497 e. The maximum atomic E-state index is 5.32. The lowest BCUT2D eigenvalue weighted by molar-refractivity contribution is 0.340. The molecule has 0 saturated carbocycles. The largest absolute Gasteiger partial charge is 0.497 e. The fourth-order valence-electron chi connectivity index (χ4n) is 3.74. The van der Waals surface area contributed by atoms with Gasteiger partial charge in [0.2, 0.25) is 0 Å². The van der Waals surface area contributed by atoms with E-state index in [0.717, 1.165) is 37.1 Å². The minimum absolute atomic E-state index is 0.633. The third-order valence-corrected chi connectivity index (χ3v) is 4.85. The maximum absolute atomic E-state index is 5.32. The molecule has 0 aliphatic carbocycles. The fraction of sp³-hybridized carbons (Fsp3) is 0.471. The summed E-state index contributed by atoms with van der Waals surface area (Å²) >= 11 is 0. The highest BCUT2D eigenvalue weighted by atomic mass is 16.5. The molecule has 4 heteroatoms. The zero-order valence-electron chi connectivity index (χ0n) is 12.4. The number of methoxy groups -OCH3 is 1. The predicted molar refractivity (Wildman–Crippen MR) is 85.0 cm³/mol. The van der Waals surface area contributed by atoms with E-state index in [4.69, 9.17) is 4.74 Å². The van der Waals surface area contributed by atoms with E-state index in [0.29, 0.717) is 6.04 Å². The summed E-state index contributed by atoms with van der Waals surface area (Å²) in [5.41, 5.74) is 0. The number of benzene rings is 1. The van der Waals surface area contributed by atoms with Gasteiger partial charge in [0.15, 0.2) is 0 Å². The Morgan fingerprint density at radius 2 is 2.24 bits per heavy atom. The highest BCUT2D eigenvalue weighted by molar-refractivity contribution is 5.93. The number of nitrogens with zero attached hydrogens (tertiary/aromatic N) is 2. The van der Waals surface area contributed by atoms with Crippen LogP contribution in [0.5, 0.6) is 5.75 Å². The van der Waals surface area contributed by atoms with Gasteiger partial charge in [-0.1, -0.05) is 0 Å². The van der Waals surface area contributed by atoms with Crippen molar-refractivity contribution in [3.8, 4) is 5.75 Å². The molecule has 4 rings (SSSR count). The van der Waals surface area contributed by atoms with Gasteiger partial charge in [0.25, 0.3) is 0 Å². The molecule has 4 nitrogen and oxygen atoms in total. The highest BCUT2D eigenvalue weighted by Gasteiger charge is 2.35. The van der Waals surface area contributed by atoms with Crippen LogP contribution in [0.15, 0.2) is 30.5 Å². The Balaban J connectivity index is 1.70. The molecule has 21 heavy (non-hydrogen) atoms. The summed E-state index contributed by atoms with van der Waals surface area (Å²) in [5, 5.41) is 6.07. The SMILES string of the molecule is COc1ccc2c(N3CC4CCCNC4C3)nccc2c1. The van der Waals surface area contributed by atoms with E-state index in [-0.39, 0.29) is 0 Å². The van der Waals surface area contributed by atoms with Crippen molar-refractivity contribution in [2.24, 2.45) is 5.92 Å². The molecule has 0 amide bonds. The number of rotatable bonds is 2. The lowest BCUT2D eigenvalue weighted by atomic mass is 9.94. The van der Waals surface area contributed by atoms with Gasteiger partial charge in [-0.15, -0.1) is 0 Å². The molecule has 2 atom stereocenters.